The molecule has 0 fully saturated rings. The van der Waals surface area contributed by atoms with E-state index in [1.807, 2.05) is 6.08 Å². The molecule has 15 heavy (non-hydrogen) atoms. The number of allylic oxidation sites excluding steroid dienone is 1. The number of alkyl halides is 1. The monoisotopic (exact) mass is 290 g/mol. The van der Waals surface area contributed by atoms with Gasteiger partial charge in [0.15, 0.2) is 10.8 Å². The number of hydrogen-bond acceptors (Lipinski definition) is 5. The minimum atomic E-state index is -0.431. The molecule has 0 aromatic carbocycles. The molecule has 1 rings (SSSR count). The molecule has 0 aliphatic carbocycles. The number of esters is 1. The Kier molecular flexibility index (Phi) is 4.77. The summed E-state index contributed by atoms with van der Waals surface area (Å²) in [6.07, 6.45) is 3.67. The summed E-state index contributed by atoms with van der Waals surface area (Å²) in [5, 5.41) is 1.08. The SMILES string of the molecule is CCOC(=O)c1nc(N)sc1C=CCBr. The van der Waals surface area contributed by atoms with Crippen LogP contribution in [0.25, 0.3) is 6.08 Å². The predicted octanol–water partition coefficient (Wildman–Crippen LogP) is 2.31. The summed E-state index contributed by atoms with van der Waals surface area (Å²) in [7, 11) is 0. The van der Waals surface area contributed by atoms with Gasteiger partial charge in [0.1, 0.15) is 0 Å². The van der Waals surface area contributed by atoms with E-state index in [-0.39, 0.29) is 5.69 Å². The molecular formula is C9H11BrN2O2S. The molecule has 1 aromatic rings. The second-order valence-corrected chi connectivity index (χ2v) is 4.25. The first-order valence-corrected chi connectivity index (χ1v) is 6.28. The summed E-state index contributed by atoms with van der Waals surface area (Å²) in [6, 6.07) is 0. The van der Waals surface area contributed by atoms with E-state index in [9.17, 15) is 4.79 Å². The predicted molar refractivity (Wildman–Crippen MR) is 65.3 cm³/mol. The zero-order valence-electron chi connectivity index (χ0n) is 8.20. The maximum atomic E-state index is 11.5. The first kappa shape index (κ1) is 12.2. The maximum Gasteiger partial charge on any atom is 0.358 e. The average molecular weight is 291 g/mol. The van der Waals surface area contributed by atoms with E-state index in [0.717, 1.165) is 4.88 Å². The van der Waals surface area contributed by atoms with Gasteiger partial charge in [0, 0.05) is 5.33 Å². The lowest BCUT2D eigenvalue weighted by Crippen LogP contribution is -2.06. The molecule has 0 aliphatic rings. The number of rotatable bonds is 4. The molecule has 0 saturated heterocycles. The first-order chi connectivity index (χ1) is 7.19. The van der Waals surface area contributed by atoms with Crippen molar-refractivity contribution in [3.05, 3.63) is 16.6 Å². The minimum Gasteiger partial charge on any atom is -0.461 e. The molecule has 0 atom stereocenters. The fraction of sp³-hybridized carbons (Fsp3) is 0.333. The molecule has 0 saturated carbocycles. The largest absolute Gasteiger partial charge is 0.461 e. The van der Waals surface area contributed by atoms with E-state index in [2.05, 4.69) is 20.9 Å². The Morgan fingerprint density at radius 1 is 1.73 bits per heavy atom. The van der Waals surface area contributed by atoms with Gasteiger partial charge >= 0.3 is 5.97 Å². The molecule has 1 heterocycles. The highest BCUT2D eigenvalue weighted by Gasteiger charge is 2.16. The van der Waals surface area contributed by atoms with Crippen molar-refractivity contribution in [1.82, 2.24) is 4.98 Å². The van der Waals surface area contributed by atoms with E-state index >= 15 is 0 Å². The van der Waals surface area contributed by atoms with Crippen LogP contribution in [0, 0.1) is 0 Å². The number of aromatic nitrogens is 1. The van der Waals surface area contributed by atoms with E-state index in [1.54, 1.807) is 13.0 Å². The van der Waals surface area contributed by atoms with Crippen LogP contribution in [0.2, 0.25) is 0 Å². The lowest BCUT2D eigenvalue weighted by Gasteiger charge is -1.98. The van der Waals surface area contributed by atoms with Crippen molar-refractivity contribution in [2.75, 3.05) is 17.7 Å². The standard InChI is InChI=1S/C9H11BrN2O2S/c1-2-14-8(13)7-6(4-3-5-10)15-9(11)12-7/h3-4H,2,5H2,1H3,(H2,11,12). The minimum absolute atomic E-state index is 0.288. The molecule has 4 nitrogen and oxygen atoms in total. The molecule has 0 unspecified atom stereocenters. The number of thiazole rings is 1. The van der Waals surface area contributed by atoms with Gasteiger partial charge in [-0.2, -0.15) is 0 Å². The van der Waals surface area contributed by atoms with Crippen LogP contribution in [0.3, 0.4) is 0 Å². The number of anilines is 1. The van der Waals surface area contributed by atoms with Crippen molar-refractivity contribution >= 4 is 44.4 Å². The van der Waals surface area contributed by atoms with Crippen molar-refractivity contribution in [2.45, 2.75) is 6.92 Å². The van der Waals surface area contributed by atoms with Crippen LogP contribution in [0.15, 0.2) is 6.08 Å². The van der Waals surface area contributed by atoms with E-state index in [1.165, 1.54) is 11.3 Å². The van der Waals surface area contributed by atoms with Gasteiger partial charge in [0.25, 0.3) is 0 Å². The van der Waals surface area contributed by atoms with Crippen LogP contribution in [0.4, 0.5) is 5.13 Å². The molecule has 6 heteroatoms. The summed E-state index contributed by atoms with van der Waals surface area (Å²) in [4.78, 5) is 16.1. The van der Waals surface area contributed by atoms with E-state index in [4.69, 9.17) is 10.5 Å². The molecule has 2 N–H and O–H groups in total. The molecular weight excluding hydrogens is 280 g/mol. The van der Waals surface area contributed by atoms with Crippen LogP contribution in [-0.4, -0.2) is 22.9 Å². The summed E-state index contributed by atoms with van der Waals surface area (Å²) in [5.41, 5.74) is 5.83. The Morgan fingerprint density at radius 3 is 3.07 bits per heavy atom. The first-order valence-electron chi connectivity index (χ1n) is 4.35. The Labute approximate surface area is 100 Å². The van der Waals surface area contributed by atoms with Crippen molar-refractivity contribution < 1.29 is 9.53 Å². The van der Waals surface area contributed by atoms with Gasteiger partial charge in [0.05, 0.1) is 11.5 Å². The number of carbonyl (C=O) groups excluding carboxylic acids is 1. The number of nitrogens with two attached hydrogens (primary N) is 1. The lowest BCUT2D eigenvalue weighted by atomic mass is 10.3. The Hall–Kier alpha value is -0.880. The summed E-state index contributed by atoms with van der Waals surface area (Å²) >= 11 is 4.52. The van der Waals surface area contributed by atoms with E-state index < -0.39 is 5.97 Å². The molecule has 0 spiro atoms. The number of nitrogens with zero attached hydrogens (tertiary/aromatic N) is 1. The van der Waals surface area contributed by atoms with Crippen LogP contribution in [0.5, 0.6) is 0 Å². The summed E-state index contributed by atoms with van der Waals surface area (Å²) in [5.74, 6) is -0.431. The summed E-state index contributed by atoms with van der Waals surface area (Å²) < 4.78 is 4.87. The molecule has 82 valence electrons. The number of hydrogen-bond donors (Lipinski definition) is 1. The smallest absolute Gasteiger partial charge is 0.358 e. The Morgan fingerprint density at radius 2 is 2.47 bits per heavy atom. The van der Waals surface area contributed by atoms with Crippen LogP contribution in [-0.2, 0) is 4.74 Å². The highest BCUT2D eigenvalue weighted by atomic mass is 79.9. The molecule has 0 bridgehead atoms. The van der Waals surface area contributed by atoms with Gasteiger partial charge in [-0.3, -0.25) is 0 Å². The lowest BCUT2D eigenvalue weighted by molar-refractivity contribution is 0.0520. The van der Waals surface area contributed by atoms with Crippen molar-refractivity contribution in [1.29, 1.82) is 0 Å². The van der Waals surface area contributed by atoms with Gasteiger partial charge in [-0.25, -0.2) is 9.78 Å². The average Bonchev–Trinajstić information content (AvgIpc) is 2.57. The number of carbonyl (C=O) groups is 1. The molecule has 1 aromatic heterocycles. The zero-order valence-corrected chi connectivity index (χ0v) is 10.6. The molecule has 0 aliphatic heterocycles. The van der Waals surface area contributed by atoms with Crippen LogP contribution < -0.4 is 5.73 Å². The van der Waals surface area contributed by atoms with E-state index in [0.29, 0.717) is 17.1 Å². The molecule has 0 amide bonds. The number of halogens is 1. The third-order valence-corrected chi connectivity index (χ3v) is 2.72. The highest BCUT2D eigenvalue weighted by Crippen LogP contribution is 2.22. The van der Waals surface area contributed by atoms with Gasteiger partial charge in [-0.05, 0) is 13.0 Å². The van der Waals surface area contributed by atoms with Crippen molar-refractivity contribution in [3.8, 4) is 0 Å². The summed E-state index contributed by atoms with van der Waals surface area (Å²) in [6.45, 7) is 2.08. The highest BCUT2D eigenvalue weighted by molar-refractivity contribution is 9.09. The third-order valence-electron chi connectivity index (χ3n) is 1.50. The number of ether oxygens (including phenoxy) is 1. The third kappa shape index (κ3) is 3.32. The van der Waals surface area contributed by atoms with Gasteiger partial charge < -0.3 is 10.5 Å². The second-order valence-electron chi connectivity index (χ2n) is 2.54. The number of nitrogen functional groups attached to an aromatic ring is 1. The Balaban J connectivity index is 2.95. The van der Waals surface area contributed by atoms with Crippen LogP contribution in [0.1, 0.15) is 22.3 Å². The second kappa shape index (κ2) is 5.87. The normalized spacial score (nSPS) is 10.8. The maximum absolute atomic E-state index is 11.5. The van der Waals surface area contributed by atoms with Gasteiger partial charge in [0.2, 0.25) is 0 Å². The topological polar surface area (TPSA) is 65.2 Å². The van der Waals surface area contributed by atoms with Crippen molar-refractivity contribution in [2.24, 2.45) is 0 Å². The molecule has 0 radical (unpaired) electrons. The fourth-order valence-electron chi connectivity index (χ4n) is 0.959. The van der Waals surface area contributed by atoms with Crippen molar-refractivity contribution in [3.63, 3.8) is 0 Å². The van der Waals surface area contributed by atoms with Gasteiger partial charge in [-0.15, -0.1) is 0 Å². The zero-order chi connectivity index (χ0) is 11.3. The Bertz CT molecular complexity index is 376. The van der Waals surface area contributed by atoms with Gasteiger partial charge in [-0.1, -0.05) is 33.3 Å². The van der Waals surface area contributed by atoms with Crippen LogP contribution >= 0.6 is 27.3 Å². The fourth-order valence-corrected chi connectivity index (χ4v) is 1.90. The quantitative estimate of drug-likeness (QED) is 0.683.